The van der Waals surface area contributed by atoms with Crippen LogP contribution >= 0.6 is 23.2 Å². The van der Waals surface area contributed by atoms with Crippen molar-refractivity contribution < 1.29 is 13.9 Å². The zero-order valence-corrected chi connectivity index (χ0v) is 13.4. The second kappa shape index (κ2) is 6.54. The lowest BCUT2D eigenvalue weighted by molar-refractivity contribution is -0.149. The van der Waals surface area contributed by atoms with Gasteiger partial charge in [0, 0.05) is 16.5 Å². The van der Waals surface area contributed by atoms with E-state index in [9.17, 15) is 4.79 Å². The minimum absolute atomic E-state index is 0.306. The van der Waals surface area contributed by atoms with Crippen molar-refractivity contribution in [2.45, 2.75) is 25.7 Å². The zero-order chi connectivity index (χ0) is 15.5. The van der Waals surface area contributed by atoms with Crippen LogP contribution in [-0.4, -0.2) is 12.6 Å². The van der Waals surface area contributed by atoms with E-state index in [4.69, 9.17) is 32.4 Å². The van der Waals surface area contributed by atoms with Crippen molar-refractivity contribution in [1.29, 1.82) is 0 Å². The van der Waals surface area contributed by atoms with Gasteiger partial charge in [0.25, 0.3) is 0 Å². The number of hydrogen-bond donors (Lipinski definition) is 0. The molecule has 0 aliphatic rings. The fourth-order valence-corrected chi connectivity index (χ4v) is 2.74. The Labute approximate surface area is 133 Å². The lowest BCUT2D eigenvalue weighted by Gasteiger charge is -2.27. The number of carbonyl (C=O) groups is 1. The summed E-state index contributed by atoms with van der Waals surface area (Å²) in [6, 6.07) is 8.70. The van der Waals surface area contributed by atoms with Crippen LogP contribution in [-0.2, 0) is 21.4 Å². The van der Waals surface area contributed by atoms with E-state index in [1.165, 1.54) is 0 Å². The number of furan rings is 1. The van der Waals surface area contributed by atoms with Crippen molar-refractivity contribution in [2.24, 2.45) is 0 Å². The summed E-state index contributed by atoms with van der Waals surface area (Å²) in [7, 11) is 0. The van der Waals surface area contributed by atoms with Gasteiger partial charge in [-0.3, -0.25) is 4.79 Å². The van der Waals surface area contributed by atoms with Crippen LogP contribution in [0.15, 0.2) is 41.0 Å². The van der Waals surface area contributed by atoms with E-state index >= 15 is 0 Å². The molecule has 1 unspecified atom stereocenters. The Kier molecular flexibility index (Phi) is 4.96. The van der Waals surface area contributed by atoms with Gasteiger partial charge in [-0.05, 0) is 49.7 Å². The van der Waals surface area contributed by atoms with Crippen LogP contribution in [0, 0.1) is 0 Å². The summed E-state index contributed by atoms with van der Waals surface area (Å²) in [5, 5.41) is 0.958. The van der Waals surface area contributed by atoms with Crippen LogP contribution in [0.1, 0.15) is 25.2 Å². The third kappa shape index (κ3) is 3.60. The first kappa shape index (κ1) is 15.9. The summed E-state index contributed by atoms with van der Waals surface area (Å²) in [5.74, 6) is 0.362. The fraction of sp³-hybridized carbons (Fsp3) is 0.312. The highest BCUT2D eigenvalue weighted by Gasteiger charge is 2.38. The summed E-state index contributed by atoms with van der Waals surface area (Å²) >= 11 is 12.1. The maximum atomic E-state index is 12.5. The minimum Gasteiger partial charge on any atom is -0.469 e. The predicted molar refractivity (Wildman–Crippen MR) is 82.9 cm³/mol. The first-order valence-electron chi connectivity index (χ1n) is 6.62. The van der Waals surface area contributed by atoms with Gasteiger partial charge in [0.1, 0.15) is 5.76 Å². The molecule has 1 aromatic carbocycles. The van der Waals surface area contributed by atoms with Gasteiger partial charge in [-0.2, -0.15) is 0 Å². The van der Waals surface area contributed by atoms with Crippen molar-refractivity contribution in [1.82, 2.24) is 0 Å². The zero-order valence-electron chi connectivity index (χ0n) is 11.9. The molecule has 2 rings (SSSR count). The molecule has 0 radical (unpaired) electrons. The standard InChI is InChI=1S/C16H16Cl2O3/c1-3-20-15(19)16(2,10-14-5-4-6-21-14)11-7-12(17)9-13(18)8-11/h4-9H,3,10H2,1-2H3. The topological polar surface area (TPSA) is 39.4 Å². The number of carbonyl (C=O) groups excluding carboxylic acids is 1. The highest BCUT2D eigenvalue weighted by molar-refractivity contribution is 6.34. The number of esters is 1. The molecule has 0 spiro atoms. The van der Waals surface area contributed by atoms with Crippen LogP contribution in [0.5, 0.6) is 0 Å². The highest BCUT2D eigenvalue weighted by Crippen LogP contribution is 2.33. The second-order valence-electron chi connectivity index (χ2n) is 4.97. The average Bonchev–Trinajstić information content (AvgIpc) is 2.90. The smallest absolute Gasteiger partial charge is 0.316 e. The molecule has 0 saturated heterocycles. The molecule has 1 atom stereocenters. The SMILES string of the molecule is CCOC(=O)C(C)(Cc1ccco1)c1cc(Cl)cc(Cl)c1. The predicted octanol–water partition coefficient (Wildman–Crippen LogP) is 4.65. The monoisotopic (exact) mass is 326 g/mol. The molecule has 1 aromatic heterocycles. The third-order valence-corrected chi connectivity index (χ3v) is 3.77. The molecule has 0 saturated carbocycles. The van der Waals surface area contributed by atoms with Crippen LogP contribution in [0.25, 0.3) is 0 Å². The van der Waals surface area contributed by atoms with E-state index in [-0.39, 0.29) is 5.97 Å². The number of benzene rings is 1. The van der Waals surface area contributed by atoms with E-state index in [1.54, 1.807) is 44.4 Å². The molecule has 1 heterocycles. The van der Waals surface area contributed by atoms with Crippen molar-refractivity contribution in [3.8, 4) is 0 Å². The van der Waals surface area contributed by atoms with Crippen molar-refractivity contribution >= 4 is 29.2 Å². The van der Waals surface area contributed by atoms with E-state index in [2.05, 4.69) is 0 Å². The molecule has 0 aliphatic heterocycles. The van der Waals surface area contributed by atoms with Crippen LogP contribution in [0.3, 0.4) is 0 Å². The van der Waals surface area contributed by atoms with Gasteiger partial charge >= 0.3 is 5.97 Å². The largest absolute Gasteiger partial charge is 0.469 e. The van der Waals surface area contributed by atoms with E-state index in [1.807, 2.05) is 6.07 Å². The van der Waals surface area contributed by atoms with E-state index < -0.39 is 5.41 Å². The summed E-state index contributed by atoms with van der Waals surface area (Å²) < 4.78 is 10.6. The fourth-order valence-electron chi connectivity index (χ4n) is 2.22. The van der Waals surface area contributed by atoms with Gasteiger partial charge in [0.2, 0.25) is 0 Å². The molecule has 0 aliphatic carbocycles. The summed E-state index contributed by atoms with van der Waals surface area (Å²) in [5.41, 5.74) is -0.211. The van der Waals surface area contributed by atoms with Gasteiger partial charge < -0.3 is 9.15 Å². The summed E-state index contributed by atoms with van der Waals surface area (Å²) in [6.45, 7) is 3.88. The molecule has 112 valence electrons. The van der Waals surface area contributed by atoms with Gasteiger partial charge in [0.05, 0.1) is 18.3 Å². The van der Waals surface area contributed by atoms with Crippen LogP contribution in [0.2, 0.25) is 10.0 Å². The van der Waals surface area contributed by atoms with Crippen molar-refractivity contribution in [3.63, 3.8) is 0 Å². The molecule has 0 N–H and O–H groups in total. The normalized spacial score (nSPS) is 13.7. The Balaban J connectivity index is 2.46. The Morgan fingerprint density at radius 3 is 2.48 bits per heavy atom. The molecule has 3 nitrogen and oxygen atoms in total. The molecular weight excluding hydrogens is 311 g/mol. The third-order valence-electron chi connectivity index (χ3n) is 3.33. The van der Waals surface area contributed by atoms with Crippen molar-refractivity contribution in [2.75, 3.05) is 6.61 Å². The summed E-state index contributed by atoms with van der Waals surface area (Å²) in [4.78, 5) is 12.5. The maximum absolute atomic E-state index is 12.5. The van der Waals surface area contributed by atoms with E-state index in [0.29, 0.717) is 34.4 Å². The Hall–Kier alpha value is -1.45. The van der Waals surface area contributed by atoms with Gasteiger partial charge in [-0.1, -0.05) is 23.2 Å². The Morgan fingerprint density at radius 2 is 1.95 bits per heavy atom. The Morgan fingerprint density at radius 1 is 1.29 bits per heavy atom. The number of ether oxygens (including phenoxy) is 1. The first-order valence-corrected chi connectivity index (χ1v) is 7.37. The van der Waals surface area contributed by atoms with Gasteiger partial charge in [0.15, 0.2) is 0 Å². The van der Waals surface area contributed by atoms with Gasteiger partial charge in [-0.15, -0.1) is 0 Å². The molecule has 2 aromatic rings. The highest BCUT2D eigenvalue weighted by atomic mass is 35.5. The number of halogens is 2. The average molecular weight is 327 g/mol. The molecule has 0 fully saturated rings. The minimum atomic E-state index is -0.914. The molecule has 5 heteroatoms. The molecule has 0 amide bonds. The van der Waals surface area contributed by atoms with Gasteiger partial charge in [-0.25, -0.2) is 0 Å². The lowest BCUT2D eigenvalue weighted by atomic mass is 9.78. The molecule has 21 heavy (non-hydrogen) atoms. The maximum Gasteiger partial charge on any atom is 0.316 e. The number of rotatable bonds is 5. The van der Waals surface area contributed by atoms with Crippen LogP contribution < -0.4 is 0 Å². The lowest BCUT2D eigenvalue weighted by Crippen LogP contribution is -2.36. The molecule has 0 bridgehead atoms. The van der Waals surface area contributed by atoms with Crippen LogP contribution in [0.4, 0.5) is 0 Å². The first-order chi connectivity index (χ1) is 9.95. The summed E-state index contributed by atoms with van der Waals surface area (Å²) in [6.07, 6.45) is 1.95. The van der Waals surface area contributed by atoms with Crippen molar-refractivity contribution in [3.05, 3.63) is 58.0 Å². The second-order valence-corrected chi connectivity index (χ2v) is 5.84. The quantitative estimate of drug-likeness (QED) is 0.751. The molecular formula is C16H16Cl2O3. The Bertz CT molecular complexity index is 602. The number of hydrogen-bond acceptors (Lipinski definition) is 3. The van der Waals surface area contributed by atoms with E-state index in [0.717, 1.165) is 0 Å².